The molecule has 0 saturated heterocycles. The van der Waals surface area contributed by atoms with E-state index in [-0.39, 0.29) is 17.9 Å². The molecule has 0 aromatic carbocycles. The zero-order valence-corrected chi connectivity index (χ0v) is 12.0. The van der Waals surface area contributed by atoms with Crippen LogP contribution in [0.1, 0.15) is 6.92 Å². The molecule has 0 aromatic heterocycles. The Bertz CT molecular complexity index is 408. The fraction of sp³-hybridized carbons (Fsp3) is 0.462. The van der Waals surface area contributed by atoms with Crippen LogP contribution in [-0.2, 0) is 9.53 Å². The number of allylic oxidation sites excluding steroid dienone is 1. The second kappa shape index (κ2) is 8.75. The first-order valence-corrected chi connectivity index (χ1v) is 5.79. The summed E-state index contributed by atoms with van der Waals surface area (Å²) in [5, 5.41) is 9.08. The van der Waals surface area contributed by atoms with Crippen LogP contribution in [-0.4, -0.2) is 56.9 Å². The molecular formula is C13H20N4O2. The van der Waals surface area contributed by atoms with Crippen LogP contribution in [0.25, 0.3) is 0 Å². The first kappa shape index (κ1) is 16.7. The molecule has 19 heavy (non-hydrogen) atoms. The van der Waals surface area contributed by atoms with Crippen molar-refractivity contribution in [1.82, 2.24) is 9.80 Å². The lowest BCUT2D eigenvalue weighted by molar-refractivity contribution is -0.138. The molecule has 0 heterocycles. The van der Waals surface area contributed by atoms with Crippen molar-refractivity contribution in [2.75, 3.05) is 34.8 Å². The predicted octanol–water partition coefficient (Wildman–Crippen LogP) is 0.992. The number of nitrogens with zero attached hydrogens (tertiary/aromatic N) is 4. The van der Waals surface area contributed by atoms with Gasteiger partial charge in [0.05, 0.1) is 18.6 Å². The van der Waals surface area contributed by atoms with Crippen LogP contribution in [0.15, 0.2) is 28.5 Å². The molecule has 0 rings (SSSR count). The fourth-order valence-corrected chi connectivity index (χ4v) is 0.999. The average Bonchev–Trinajstić information content (AvgIpc) is 2.32. The standard InChI is InChI=1S/C13H20N4O2/c1-6-19-13(18)11(9-14)12(7-8-16(2)3)15-10-17(4)5/h7-8,10H,6H2,1-5H3. The van der Waals surface area contributed by atoms with Gasteiger partial charge in [-0.3, -0.25) is 0 Å². The van der Waals surface area contributed by atoms with Crippen molar-refractivity contribution >= 4 is 12.3 Å². The molecule has 0 bridgehead atoms. The van der Waals surface area contributed by atoms with Gasteiger partial charge in [0.15, 0.2) is 5.57 Å². The molecule has 0 aliphatic heterocycles. The minimum absolute atomic E-state index is 0.113. The second-order valence-electron chi connectivity index (χ2n) is 4.08. The Labute approximate surface area is 114 Å². The Morgan fingerprint density at radius 3 is 2.37 bits per heavy atom. The van der Waals surface area contributed by atoms with E-state index in [4.69, 9.17) is 10.00 Å². The molecule has 0 saturated carbocycles. The van der Waals surface area contributed by atoms with Crippen LogP contribution in [0.2, 0.25) is 0 Å². The Morgan fingerprint density at radius 2 is 1.95 bits per heavy atom. The number of rotatable bonds is 6. The summed E-state index contributed by atoms with van der Waals surface area (Å²) in [6, 6.07) is 1.84. The Hall–Kier alpha value is -2.29. The van der Waals surface area contributed by atoms with E-state index in [1.165, 1.54) is 6.34 Å². The lowest BCUT2D eigenvalue weighted by atomic mass is 10.2. The quantitative estimate of drug-likeness (QED) is 0.179. The number of carbonyl (C=O) groups is 1. The highest BCUT2D eigenvalue weighted by molar-refractivity contribution is 5.94. The van der Waals surface area contributed by atoms with Crippen LogP contribution in [0.3, 0.4) is 0 Å². The normalized spacial score (nSPS) is 12.2. The SMILES string of the molecule is CCOC(=O)C(C#N)=C(C=CN(C)C)N=CN(C)C. The van der Waals surface area contributed by atoms with Gasteiger partial charge in [-0.05, 0) is 13.0 Å². The van der Waals surface area contributed by atoms with Crippen molar-refractivity contribution in [3.05, 3.63) is 23.5 Å². The van der Waals surface area contributed by atoms with Gasteiger partial charge in [0.2, 0.25) is 0 Å². The molecule has 0 amide bonds. The molecule has 104 valence electrons. The first-order chi connectivity index (χ1) is 8.92. The molecule has 0 aliphatic rings. The molecule has 0 spiro atoms. The Kier molecular flexibility index (Phi) is 7.70. The topological polar surface area (TPSA) is 68.9 Å². The third-order valence-electron chi connectivity index (χ3n) is 1.81. The van der Waals surface area contributed by atoms with Gasteiger partial charge < -0.3 is 14.5 Å². The van der Waals surface area contributed by atoms with Crippen molar-refractivity contribution in [2.45, 2.75) is 6.92 Å². The van der Waals surface area contributed by atoms with Crippen molar-refractivity contribution in [2.24, 2.45) is 4.99 Å². The lowest BCUT2D eigenvalue weighted by Gasteiger charge is -2.07. The van der Waals surface area contributed by atoms with E-state index >= 15 is 0 Å². The average molecular weight is 264 g/mol. The molecular weight excluding hydrogens is 244 g/mol. The number of hydrogen-bond donors (Lipinski definition) is 0. The number of hydrogen-bond acceptors (Lipinski definition) is 5. The number of esters is 1. The summed E-state index contributed by atoms with van der Waals surface area (Å²) >= 11 is 0. The predicted molar refractivity (Wildman–Crippen MR) is 74.3 cm³/mol. The number of carbonyl (C=O) groups excluding carboxylic acids is 1. The van der Waals surface area contributed by atoms with E-state index < -0.39 is 5.97 Å². The third kappa shape index (κ3) is 6.88. The van der Waals surface area contributed by atoms with E-state index in [2.05, 4.69) is 4.99 Å². The number of aliphatic imine (C=N–C) groups is 1. The van der Waals surface area contributed by atoms with Crippen molar-refractivity contribution in [1.29, 1.82) is 5.26 Å². The summed E-state index contributed by atoms with van der Waals surface area (Å²) in [4.78, 5) is 19.3. The van der Waals surface area contributed by atoms with Gasteiger partial charge in [-0.1, -0.05) is 0 Å². The molecule has 0 atom stereocenters. The van der Waals surface area contributed by atoms with E-state index in [1.54, 1.807) is 43.1 Å². The summed E-state index contributed by atoms with van der Waals surface area (Å²) in [6.07, 6.45) is 4.82. The highest BCUT2D eigenvalue weighted by Gasteiger charge is 2.14. The van der Waals surface area contributed by atoms with Gasteiger partial charge in [0.25, 0.3) is 0 Å². The third-order valence-corrected chi connectivity index (χ3v) is 1.81. The van der Waals surface area contributed by atoms with Crippen LogP contribution < -0.4 is 0 Å². The molecule has 0 aromatic rings. The van der Waals surface area contributed by atoms with Gasteiger partial charge in [0.1, 0.15) is 6.07 Å². The number of nitriles is 1. The van der Waals surface area contributed by atoms with E-state index in [0.717, 1.165) is 0 Å². The summed E-state index contributed by atoms with van der Waals surface area (Å²) in [5.74, 6) is -0.667. The van der Waals surface area contributed by atoms with E-state index in [9.17, 15) is 4.79 Å². The van der Waals surface area contributed by atoms with Gasteiger partial charge in [0, 0.05) is 34.4 Å². The van der Waals surface area contributed by atoms with Gasteiger partial charge in [-0.2, -0.15) is 5.26 Å². The summed E-state index contributed by atoms with van der Waals surface area (Å²) in [5.41, 5.74) is 0.154. The molecule has 0 radical (unpaired) electrons. The zero-order valence-electron chi connectivity index (χ0n) is 12.0. The maximum Gasteiger partial charge on any atom is 0.351 e. The molecule has 6 heteroatoms. The molecule has 0 unspecified atom stereocenters. The van der Waals surface area contributed by atoms with Crippen molar-refractivity contribution in [3.63, 3.8) is 0 Å². The number of ether oxygens (including phenoxy) is 1. The van der Waals surface area contributed by atoms with E-state index in [0.29, 0.717) is 0 Å². The maximum atomic E-state index is 11.7. The van der Waals surface area contributed by atoms with E-state index in [1.807, 2.05) is 20.2 Å². The molecule has 0 N–H and O–H groups in total. The second-order valence-corrected chi connectivity index (χ2v) is 4.08. The minimum atomic E-state index is -0.667. The molecule has 0 fully saturated rings. The fourth-order valence-electron chi connectivity index (χ4n) is 0.999. The smallest absolute Gasteiger partial charge is 0.351 e. The maximum absolute atomic E-state index is 11.7. The lowest BCUT2D eigenvalue weighted by Crippen LogP contribution is -2.11. The highest BCUT2D eigenvalue weighted by atomic mass is 16.5. The summed E-state index contributed by atoms with van der Waals surface area (Å²) < 4.78 is 4.84. The Balaban J connectivity index is 5.49. The molecule has 0 aliphatic carbocycles. The summed E-state index contributed by atoms with van der Waals surface area (Å²) in [6.45, 7) is 1.90. The monoisotopic (exact) mass is 264 g/mol. The zero-order chi connectivity index (χ0) is 14.8. The highest BCUT2D eigenvalue weighted by Crippen LogP contribution is 2.10. The van der Waals surface area contributed by atoms with Gasteiger partial charge >= 0.3 is 5.97 Å². The Morgan fingerprint density at radius 1 is 1.32 bits per heavy atom. The van der Waals surface area contributed by atoms with Crippen LogP contribution in [0.4, 0.5) is 0 Å². The van der Waals surface area contributed by atoms with Crippen LogP contribution >= 0.6 is 0 Å². The van der Waals surface area contributed by atoms with Crippen molar-refractivity contribution in [3.8, 4) is 6.07 Å². The largest absolute Gasteiger partial charge is 0.462 e. The first-order valence-electron chi connectivity index (χ1n) is 5.79. The van der Waals surface area contributed by atoms with Gasteiger partial charge in [-0.25, -0.2) is 9.79 Å². The van der Waals surface area contributed by atoms with Gasteiger partial charge in [-0.15, -0.1) is 0 Å². The van der Waals surface area contributed by atoms with Crippen LogP contribution in [0.5, 0.6) is 0 Å². The minimum Gasteiger partial charge on any atom is -0.462 e. The van der Waals surface area contributed by atoms with Crippen molar-refractivity contribution < 1.29 is 9.53 Å². The molecule has 6 nitrogen and oxygen atoms in total. The van der Waals surface area contributed by atoms with Crippen LogP contribution in [0, 0.1) is 11.3 Å². The summed E-state index contributed by atoms with van der Waals surface area (Å²) in [7, 11) is 7.26.